The molecule has 6 N–H and O–H groups in total. The van der Waals surface area contributed by atoms with E-state index in [1.54, 1.807) is 0 Å². The molecule has 0 aliphatic carbocycles. The number of aliphatic hydroxyl groups is 2. The summed E-state index contributed by atoms with van der Waals surface area (Å²) < 4.78 is 10.9. The first-order chi connectivity index (χ1) is 9.40. The lowest BCUT2D eigenvalue weighted by Crippen LogP contribution is -2.33. The van der Waals surface area contributed by atoms with Crippen LogP contribution in [-0.4, -0.2) is 65.6 Å². The van der Waals surface area contributed by atoms with Gasteiger partial charge < -0.3 is 35.0 Å². The van der Waals surface area contributed by atoms with E-state index in [2.05, 4.69) is 14.6 Å². The van der Waals surface area contributed by atoms with E-state index in [0.717, 1.165) is 11.0 Å². The first-order valence-corrected chi connectivity index (χ1v) is 6.60. The Labute approximate surface area is 113 Å². The van der Waals surface area contributed by atoms with Gasteiger partial charge in [0.05, 0.1) is 6.61 Å². The zero-order valence-corrected chi connectivity index (χ0v) is 10.9. The molecule has 0 saturated carbocycles. The third kappa shape index (κ3) is 3.10. The maximum atomic E-state index is 10.9. The molecule has 0 aromatic carbocycles. The highest BCUT2D eigenvalue weighted by molar-refractivity contribution is 7.39. The molecule has 1 aromatic heterocycles. The van der Waals surface area contributed by atoms with Crippen molar-refractivity contribution < 1.29 is 34.1 Å². The molecule has 11 nitrogen and oxygen atoms in total. The molecule has 1 amide bonds. The Morgan fingerprint density at radius 2 is 2.20 bits per heavy atom. The van der Waals surface area contributed by atoms with Gasteiger partial charge >= 0.3 is 8.60 Å². The molecule has 0 unspecified atom stereocenters. The van der Waals surface area contributed by atoms with E-state index >= 15 is 0 Å². The number of nitrogens with two attached hydrogens (primary N) is 1. The Kier molecular flexibility index (Phi) is 4.60. The fourth-order valence-electron chi connectivity index (χ4n) is 1.74. The maximum Gasteiger partial charge on any atom is 0.327 e. The molecular formula is C8H13N4O7P. The smallest absolute Gasteiger partial charge is 0.327 e. The molecule has 1 aromatic rings. The summed E-state index contributed by atoms with van der Waals surface area (Å²) >= 11 is 0. The van der Waals surface area contributed by atoms with E-state index in [1.165, 1.54) is 0 Å². The second kappa shape index (κ2) is 6.06. The van der Waals surface area contributed by atoms with Gasteiger partial charge in [0.15, 0.2) is 6.23 Å². The van der Waals surface area contributed by atoms with Crippen LogP contribution in [0.5, 0.6) is 0 Å². The molecule has 20 heavy (non-hydrogen) atoms. The monoisotopic (exact) mass is 308 g/mol. The van der Waals surface area contributed by atoms with Gasteiger partial charge in [0.25, 0.3) is 5.91 Å². The van der Waals surface area contributed by atoms with Gasteiger partial charge in [0.2, 0.25) is 5.82 Å². The van der Waals surface area contributed by atoms with Crippen LogP contribution in [0, 0.1) is 0 Å². The van der Waals surface area contributed by atoms with Gasteiger partial charge in [0.1, 0.15) is 24.6 Å². The van der Waals surface area contributed by atoms with Crippen LogP contribution in [0.3, 0.4) is 0 Å². The van der Waals surface area contributed by atoms with Crippen LogP contribution in [0.1, 0.15) is 16.8 Å². The Bertz CT molecular complexity index is 483. The minimum absolute atomic E-state index is 0.260. The predicted molar refractivity (Wildman–Crippen MR) is 61.8 cm³/mol. The molecule has 2 rings (SSSR count). The van der Waals surface area contributed by atoms with E-state index in [-0.39, 0.29) is 12.4 Å². The molecule has 4 atom stereocenters. The number of ether oxygens (including phenoxy) is 1. The molecule has 112 valence electrons. The fourth-order valence-corrected chi connectivity index (χ4v) is 2.02. The van der Waals surface area contributed by atoms with Gasteiger partial charge in [-0.25, -0.2) is 9.67 Å². The number of nitrogens with zero attached hydrogens (tertiary/aromatic N) is 3. The standard InChI is InChI=1S/C8H13N4O7P/c9-6(15)7-10-2-12(11-7)8-5(14)4(13)3(19-8)1-18-20(16)17/h2-5,8,13-14,16-17H,1H2,(H2,9,15)/t3-,4-,5-,8-/m1/s1. The predicted octanol–water partition coefficient (Wildman–Crippen LogP) is -2.78. The number of amides is 1. The minimum Gasteiger partial charge on any atom is -0.387 e. The van der Waals surface area contributed by atoms with Crippen molar-refractivity contribution in [2.24, 2.45) is 5.73 Å². The van der Waals surface area contributed by atoms with Crippen LogP contribution in [0.15, 0.2) is 6.33 Å². The van der Waals surface area contributed by atoms with Gasteiger partial charge in [-0.3, -0.25) is 4.79 Å². The number of carbonyl (C=O) groups is 1. The van der Waals surface area contributed by atoms with Crippen molar-refractivity contribution in [3.63, 3.8) is 0 Å². The van der Waals surface area contributed by atoms with Crippen molar-refractivity contribution in [3.8, 4) is 0 Å². The van der Waals surface area contributed by atoms with E-state index in [1.807, 2.05) is 0 Å². The third-order valence-corrected chi connectivity index (χ3v) is 3.06. The highest BCUT2D eigenvalue weighted by Crippen LogP contribution is 2.32. The fraction of sp³-hybridized carbons (Fsp3) is 0.625. The lowest BCUT2D eigenvalue weighted by Gasteiger charge is -2.14. The number of aromatic nitrogens is 3. The molecular weight excluding hydrogens is 295 g/mol. The molecule has 12 heteroatoms. The van der Waals surface area contributed by atoms with Gasteiger partial charge in [0, 0.05) is 0 Å². The summed E-state index contributed by atoms with van der Waals surface area (Å²) in [6.07, 6.45) is -3.64. The van der Waals surface area contributed by atoms with Crippen LogP contribution in [0.4, 0.5) is 0 Å². The molecule has 1 saturated heterocycles. The average molecular weight is 308 g/mol. The van der Waals surface area contributed by atoms with Crippen molar-refractivity contribution in [3.05, 3.63) is 12.2 Å². The van der Waals surface area contributed by atoms with Crippen molar-refractivity contribution in [1.82, 2.24) is 14.8 Å². The van der Waals surface area contributed by atoms with Crippen LogP contribution >= 0.6 is 8.60 Å². The first-order valence-electron chi connectivity index (χ1n) is 5.43. The van der Waals surface area contributed by atoms with Crippen molar-refractivity contribution >= 4 is 14.5 Å². The lowest BCUT2D eigenvalue weighted by atomic mass is 10.1. The summed E-state index contributed by atoms with van der Waals surface area (Å²) in [5.41, 5.74) is 4.99. The van der Waals surface area contributed by atoms with Crippen LogP contribution in [-0.2, 0) is 9.26 Å². The van der Waals surface area contributed by atoms with Gasteiger partial charge in [-0.1, -0.05) is 0 Å². The molecule has 1 aliphatic rings. The zero-order chi connectivity index (χ0) is 14.9. The average Bonchev–Trinajstić information content (AvgIpc) is 2.95. The Morgan fingerprint density at radius 3 is 2.75 bits per heavy atom. The molecule has 1 fully saturated rings. The quantitative estimate of drug-likeness (QED) is 0.360. The molecule has 0 bridgehead atoms. The maximum absolute atomic E-state index is 10.9. The largest absolute Gasteiger partial charge is 0.387 e. The first kappa shape index (κ1) is 15.2. The number of aliphatic hydroxyl groups excluding tert-OH is 2. The van der Waals surface area contributed by atoms with Crippen LogP contribution < -0.4 is 5.73 Å². The van der Waals surface area contributed by atoms with Crippen LogP contribution in [0.2, 0.25) is 0 Å². The summed E-state index contributed by atoms with van der Waals surface area (Å²) in [5, 5.41) is 23.3. The van der Waals surface area contributed by atoms with Gasteiger partial charge in [-0.2, -0.15) is 0 Å². The van der Waals surface area contributed by atoms with Crippen LogP contribution in [0.25, 0.3) is 0 Å². The second-order valence-corrected chi connectivity index (χ2v) is 4.77. The molecule has 0 radical (unpaired) electrons. The number of carbonyl (C=O) groups excluding carboxylic acids is 1. The Balaban J connectivity index is 2.07. The number of primary amides is 1. The normalized spacial score (nSPS) is 30.1. The number of hydrogen-bond donors (Lipinski definition) is 5. The Hall–Kier alpha value is -1.20. The SMILES string of the molecule is NC(=O)c1ncn([C@@H]2O[C@H](COP(O)O)[C@@H](O)[C@H]2O)n1. The summed E-state index contributed by atoms with van der Waals surface area (Å²) in [6.45, 7) is -0.329. The molecule has 2 heterocycles. The highest BCUT2D eigenvalue weighted by atomic mass is 31.2. The summed E-state index contributed by atoms with van der Waals surface area (Å²) in [4.78, 5) is 31.8. The highest BCUT2D eigenvalue weighted by Gasteiger charge is 2.44. The van der Waals surface area contributed by atoms with Crippen molar-refractivity contribution in [1.29, 1.82) is 0 Å². The van der Waals surface area contributed by atoms with Gasteiger partial charge in [-0.15, -0.1) is 5.10 Å². The van der Waals surface area contributed by atoms with Gasteiger partial charge in [-0.05, 0) is 0 Å². The number of hydrogen-bond acceptors (Lipinski definition) is 9. The lowest BCUT2D eigenvalue weighted by molar-refractivity contribution is -0.0565. The van der Waals surface area contributed by atoms with Crippen molar-refractivity contribution in [2.75, 3.05) is 6.61 Å². The number of rotatable bonds is 5. The molecule has 0 spiro atoms. The third-order valence-electron chi connectivity index (χ3n) is 2.68. The topological polar surface area (TPSA) is 173 Å². The van der Waals surface area contributed by atoms with E-state index in [9.17, 15) is 15.0 Å². The minimum atomic E-state index is -2.59. The van der Waals surface area contributed by atoms with E-state index < -0.39 is 39.0 Å². The molecule has 1 aliphatic heterocycles. The zero-order valence-electron chi connectivity index (χ0n) is 9.97. The summed E-state index contributed by atoms with van der Waals surface area (Å²) in [5.74, 6) is -1.10. The summed E-state index contributed by atoms with van der Waals surface area (Å²) in [7, 11) is -2.59. The Morgan fingerprint density at radius 1 is 1.50 bits per heavy atom. The summed E-state index contributed by atoms with van der Waals surface area (Å²) in [6, 6.07) is 0. The van der Waals surface area contributed by atoms with E-state index in [0.29, 0.717) is 0 Å². The van der Waals surface area contributed by atoms with Crippen molar-refractivity contribution in [2.45, 2.75) is 24.5 Å². The van der Waals surface area contributed by atoms with E-state index in [4.69, 9.17) is 20.3 Å². The second-order valence-electron chi connectivity index (χ2n) is 4.01.